The van der Waals surface area contributed by atoms with Gasteiger partial charge in [-0.1, -0.05) is 18.1 Å². The van der Waals surface area contributed by atoms with Crippen molar-refractivity contribution in [2.45, 2.75) is 13.3 Å². The van der Waals surface area contributed by atoms with Crippen LogP contribution in [0.15, 0.2) is 41.3 Å². The average Bonchev–Trinajstić information content (AvgIpc) is 2.97. The third-order valence-corrected chi connectivity index (χ3v) is 2.99. The van der Waals surface area contributed by atoms with Gasteiger partial charge in [0.05, 0.1) is 17.4 Å². The molecule has 0 spiro atoms. The molecule has 0 aromatic carbocycles. The molecular weight excluding hydrogens is 254 g/mol. The topological polar surface area (TPSA) is 90.7 Å². The fourth-order valence-electron chi connectivity index (χ4n) is 1.96. The minimum atomic E-state index is 0.368. The maximum absolute atomic E-state index is 5.85. The molecule has 3 rings (SSSR count). The lowest BCUT2D eigenvalue weighted by atomic mass is 10.1. The van der Waals surface area contributed by atoms with E-state index in [1.807, 2.05) is 12.1 Å². The summed E-state index contributed by atoms with van der Waals surface area (Å²) in [5.74, 6) is 0.835. The van der Waals surface area contributed by atoms with Crippen LogP contribution < -0.4 is 5.73 Å². The first-order valence-corrected chi connectivity index (χ1v) is 6.27. The highest BCUT2D eigenvalue weighted by atomic mass is 16.5. The van der Waals surface area contributed by atoms with Crippen molar-refractivity contribution in [2.24, 2.45) is 0 Å². The van der Waals surface area contributed by atoms with Crippen LogP contribution in [0, 0.1) is 0 Å². The third kappa shape index (κ3) is 2.11. The van der Waals surface area contributed by atoms with Gasteiger partial charge in [-0.3, -0.25) is 9.97 Å². The van der Waals surface area contributed by atoms with Crippen molar-refractivity contribution < 1.29 is 4.52 Å². The Hall–Kier alpha value is -2.76. The highest BCUT2D eigenvalue weighted by molar-refractivity contribution is 5.70. The summed E-state index contributed by atoms with van der Waals surface area (Å²) in [6.45, 7) is 2.06. The Bertz CT molecular complexity index is 738. The SMILES string of the molecule is CCc1cccnc1-c1noc(-c2ccncc2N)n1. The van der Waals surface area contributed by atoms with Crippen molar-refractivity contribution in [3.63, 3.8) is 0 Å². The van der Waals surface area contributed by atoms with Gasteiger partial charge in [-0.05, 0) is 24.1 Å². The molecule has 0 aliphatic carbocycles. The normalized spacial score (nSPS) is 10.7. The van der Waals surface area contributed by atoms with E-state index in [0.29, 0.717) is 23.0 Å². The van der Waals surface area contributed by atoms with Crippen molar-refractivity contribution in [1.82, 2.24) is 20.1 Å². The number of pyridine rings is 2. The zero-order valence-corrected chi connectivity index (χ0v) is 10.9. The predicted molar refractivity (Wildman–Crippen MR) is 74.6 cm³/mol. The molecule has 0 fully saturated rings. The number of rotatable bonds is 3. The Kier molecular flexibility index (Phi) is 3.12. The molecule has 0 aliphatic rings. The van der Waals surface area contributed by atoms with Crippen LogP contribution in [0.1, 0.15) is 12.5 Å². The van der Waals surface area contributed by atoms with E-state index < -0.39 is 0 Å². The summed E-state index contributed by atoms with van der Waals surface area (Å²) in [6, 6.07) is 5.63. The van der Waals surface area contributed by atoms with Gasteiger partial charge in [-0.25, -0.2) is 0 Å². The summed E-state index contributed by atoms with van der Waals surface area (Å²) in [5, 5.41) is 3.99. The molecule has 0 bridgehead atoms. The summed E-state index contributed by atoms with van der Waals surface area (Å²) in [4.78, 5) is 12.6. The van der Waals surface area contributed by atoms with Crippen LogP contribution in [0.2, 0.25) is 0 Å². The molecule has 0 saturated heterocycles. The first-order valence-electron chi connectivity index (χ1n) is 6.27. The van der Waals surface area contributed by atoms with E-state index in [-0.39, 0.29) is 0 Å². The van der Waals surface area contributed by atoms with Gasteiger partial charge in [0.25, 0.3) is 5.89 Å². The van der Waals surface area contributed by atoms with Gasteiger partial charge in [0.1, 0.15) is 5.69 Å². The van der Waals surface area contributed by atoms with Crippen LogP contribution in [-0.2, 0) is 6.42 Å². The number of aromatic nitrogens is 4. The number of nitrogens with two attached hydrogens (primary N) is 1. The summed E-state index contributed by atoms with van der Waals surface area (Å²) < 4.78 is 5.28. The third-order valence-electron chi connectivity index (χ3n) is 2.99. The van der Waals surface area contributed by atoms with E-state index in [2.05, 4.69) is 27.0 Å². The lowest BCUT2D eigenvalue weighted by Crippen LogP contribution is -1.93. The Labute approximate surface area is 115 Å². The standard InChI is InChI=1S/C14H13N5O/c1-2-9-4-3-6-17-12(9)13-18-14(20-19-13)10-5-7-16-8-11(10)15/h3-8H,2,15H2,1H3. The van der Waals surface area contributed by atoms with Gasteiger partial charge in [0.15, 0.2) is 0 Å². The molecule has 2 N–H and O–H groups in total. The lowest BCUT2D eigenvalue weighted by molar-refractivity contribution is 0.432. The van der Waals surface area contributed by atoms with Gasteiger partial charge in [-0.15, -0.1) is 0 Å². The average molecular weight is 267 g/mol. The van der Waals surface area contributed by atoms with E-state index in [1.54, 1.807) is 24.7 Å². The molecule has 0 radical (unpaired) electrons. The van der Waals surface area contributed by atoms with Crippen LogP contribution in [0.4, 0.5) is 5.69 Å². The fraction of sp³-hybridized carbons (Fsp3) is 0.143. The van der Waals surface area contributed by atoms with Crippen molar-refractivity contribution >= 4 is 5.69 Å². The van der Waals surface area contributed by atoms with E-state index in [1.165, 1.54) is 0 Å². The molecule has 3 aromatic rings. The first kappa shape index (κ1) is 12.3. The smallest absolute Gasteiger partial charge is 0.260 e. The first-order chi connectivity index (χ1) is 9.79. The number of hydrogen-bond donors (Lipinski definition) is 1. The number of hydrogen-bond acceptors (Lipinski definition) is 6. The van der Waals surface area contributed by atoms with E-state index in [0.717, 1.165) is 17.7 Å². The monoisotopic (exact) mass is 267 g/mol. The summed E-state index contributed by atoms with van der Waals surface area (Å²) in [6.07, 6.45) is 5.75. The van der Waals surface area contributed by atoms with Crippen LogP contribution >= 0.6 is 0 Å². The number of nitrogens with zero attached hydrogens (tertiary/aromatic N) is 4. The molecule has 100 valence electrons. The maximum Gasteiger partial charge on any atom is 0.260 e. The summed E-state index contributed by atoms with van der Waals surface area (Å²) in [7, 11) is 0. The molecular formula is C14H13N5O. The number of nitrogen functional groups attached to an aromatic ring is 1. The van der Waals surface area contributed by atoms with Crippen LogP contribution in [0.25, 0.3) is 23.0 Å². The zero-order valence-electron chi connectivity index (χ0n) is 10.9. The predicted octanol–water partition coefficient (Wildman–Crippen LogP) is 2.34. The van der Waals surface area contributed by atoms with Gasteiger partial charge in [0, 0.05) is 12.4 Å². The van der Waals surface area contributed by atoms with Crippen molar-refractivity contribution in [1.29, 1.82) is 0 Å². The van der Waals surface area contributed by atoms with Gasteiger partial charge >= 0.3 is 0 Å². The minimum Gasteiger partial charge on any atom is -0.397 e. The van der Waals surface area contributed by atoms with Gasteiger partial charge < -0.3 is 10.3 Å². The molecule has 6 heteroatoms. The molecule has 0 amide bonds. The van der Waals surface area contributed by atoms with E-state index in [4.69, 9.17) is 10.3 Å². The number of anilines is 1. The highest BCUT2D eigenvalue weighted by Crippen LogP contribution is 2.26. The maximum atomic E-state index is 5.85. The van der Waals surface area contributed by atoms with E-state index in [9.17, 15) is 0 Å². The Morgan fingerprint density at radius 1 is 1.25 bits per heavy atom. The van der Waals surface area contributed by atoms with Crippen molar-refractivity contribution in [2.75, 3.05) is 5.73 Å². The van der Waals surface area contributed by atoms with Crippen LogP contribution in [0.5, 0.6) is 0 Å². The van der Waals surface area contributed by atoms with Gasteiger partial charge in [-0.2, -0.15) is 4.98 Å². The Balaban J connectivity index is 2.05. The zero-order chi connectivity index (χ0) is 13.9. The Morgan fingerprint density at radius 2 is 2.15 bits per heavy atom. The molecule has 0 aliphatic heterocycles. The molecule has 3 heterocycles. The summed E-state index contributed by atoms with van der Waals surface area (Å²) in [5.41, 5.74) is 8.83. The second-order valence-corrected chi connectivity index (χ2v) is 4.25. The van der Waals surface area contributed by atoms with Crippen LogP contribution in [-0.4, -0.2) is 20.1 Å². The Morgan fingerprint density at radius 3 is 2.95 bits per heavy atom. The van der Waals surface area contributed by atoms with Crippen molar-refractivity contribution in [3.05, 3.63) is 42.4 Å². The molecule has 0 atom stereocenters. The molecule has 6 nitrogen and oxygen atoms in total. The molecule has 0 saturated carbocycles. The molecule has 3 aromatic heterocycles. The fourth-order valence-corrected chi connectivity index (χ4v) is 1.96. The van der Waals surface area contributed by atoms with Crippen molar-refractivity contribution in [3.8, 4) is 23.0 Å². The minimum absolute atomic E-state index is 0.368. The quantitative estimate of drug-likeness (QED) is 0.783. The van der Waals surface area contributed by atoms with Crippen LogP contribution in [0.3, 0.4) is 0 Å². The lowest BCUT2D eigenvalue weighted by Gasteiger charge is -2.00. The second-order valence-electron chi connectivity index (χ2n) is 4.25. The van der Waals surface area contributed by atoms with Gasteiger partial charge in [0.2, 0.25) is 5.82 Å². The molecule has 20 heavy (non-hydrogen) atoms. The largest absolute Gasteiger partial charge is 0.397 e. The number of aryl methyl sites for hydroxylation is 1. The molecule has 0 unspecified atom stereocenters. The highest BCUT2D eigenvalue weighted by Gasteiger charge is 2.15. The summed E-state index contributed by atoms with van der Waals surface area (Å²) >= 11 is 0. The second kappa shape index (κ2) is 5.08. The van der Waals surface area contributed by atoms with E-state index >= 15 is 0 Å².